The fourth-order valence-corrected chi connectivity index (χ4v) is 6.24. The molecule has 3 aromatic rings. The molecule has 0 saturated carbocycles. The summed E-state index contributed by atoms with van der Waals surface area (Å²) in [5.74, 6) is 1.04. The van der Waals surface area contributed by atoms with Crippen molar-refractivity contribution < 1.29 is 23.9 Å². The number of rotatable bonds is 6. The first-order valence-electron chi connectivity index (χ1n) is 14.0. The van der Waals surface area contributed by atoms with Gasteiger partial charge in [-0.05, 0) is 60.7 Å². The molecule has 1 aromatic heterocycles. The molecular weight excluding hydrogens is 510 g/mol. The molecule has 0 spiro atoms. The first kappa shape index (κ1) is 25.1. The zero-order valence-corrected chi connectivity index (χ0v) is 22.2. The van der Waals surface area contributed by atoms with Gasteiger partial charge >= 0.3 is 0 Å². The molecule has 2 aromatic carbocycles. The first-order valence-corrected chi connectivity index (χ1v) is 14.0. The summed E-state index contributed by atoms with van der Waals surface area (Å²) in [5, 5.41) is 3.39. The Kier molecular flexibility index (Phi) is 6.44. The maximum Gasteiger partial charge on any atom is 0.255 e. The van der Waals surface area contributed by atoms with Crippen molar-refractivity contribution >= 4 is 28.6 Å². The number of carbonyl (C=O) groups excluding carboxylic acids is 3. The summed E-state index contributed by atoms with van der Waals surface area (Å²) in [5.41, 5.74) is 3.63. The summed E-state index contributed by atoms with van der Waals surface area (Å²) in [6.07, 6.45) is 4.48. The van der Waals surface area contributed by atoms with E-state index in [2.05, 4.69) is 33.4 Å². The van der Waals surface area contributed by atoms with Crippen LogP contribution in [0.1, 0.15) is 58.9 Å². The van der Waals surface area contributed by atoms with Crippen molar-refractivity contribution in [2.24, 2.45) is 0 Å². The zero-order valence-electron chi connectivity index (χ0n) is 22.2. The quantitative estimate of drug-likeness (QED) is 0.474. The van der Waals surface area contributed by atoms with E-state index in [0.717, 1.165) is 67.1 Å². The molecule has 40 heavy (non-hydrogen) atoms. The van der Waals surface area contributed by atoms with E-state index in [1.54, 1.807) is 11.0 Å². The second kappa shape index (κ2) is 10.3. The number of carbonyl (C=O) groups is 3. The van der Waals surface area contributed by atoms with Gasteiger partial charge in [0.05, 0.1) is 12.1 Å². The largest absolute Gasteiger partial charge is 0.489 e. The smallest absolute Gasteiger partial charge is 0.255 e. The molecule has 0 aliphatic carbocycles. The van der Waals surface area contributed by atoms with Gasteiger partial charge < -0.3 is 14.4 Å². The van der Waals surface area contributed by atoms with E-state index >= 15 is 0 Å². The molecule has 3 saturated heterocycles. The number of piperidine rings is 1. The van der Waals surface area contributed by atoms with Gasteiger partial charge in [-0.25, -0.2) is 9.97 Å². The van der Waals surface area contributed by atoms with Gasteiger partial charge in [0.25, 0.3) is 5.91 Å². The topological polar surface area (TPSA) is 114 Å². The number of nitrogens with one attached hydrogen (secondary N) is 1. The molecule has 3 unspecified atom stereocenters. The molecule has 0 bridgehead atoms. The standard InChI is InChI=1S/C30H31N5O5/c36-27-6-5-26(29(37)33-27)35-15-21-12-22(2-3-24(21)30(35)38)40-23-7-9-34(16-23)14-18-1-4-25-20(11-18)13-31-28(32-25)19-8-10-39-17-19/h1-4,11-13,19,23,26H,5-10,14-17H2,(H,33,36,37). The fourth-order valence-electron chi connectivity index (χ4n) is 6.24. The molecule has 10 nitrogen and oxygen atoms in total. The lowest BCUT2D eigenvalue weighted by Crippen LogP contribution is -2.52. The SMILES string of the molecule is O=C1CCC(N2Cc3cc(OC4CCN(Cc5ccc6nc(C7CCOC7)ncc6c5)C4)ccc3C2=O)C(=O)N1. The maximum atomic E-state index is 13.0. The van der Waals surface area contributed by atoms with Crippen LogP contribution >= 0.6 is 0 Å². The van der Waals surface area contributed by atoms with Crippen LogP contribution in [0.2, 0.25) is 0 Å². The van der Waals surface area contributed by atoms with Crippen LogP contribution in [0.5, 0.6) is 5.75 Å². The van der Waals surface area contributed by atoms with Crippen molar-refractivity contribution in [1.82, 2.24) is 25.1 Å². The van der Waals surface area contributed by atoms with Crippen LogP contribution in [-0.2, 0) is 27.4 Å². The number of benzene rings is 2. The molecule has 3 fully saturated rings. The second-order valence-corrected chi connectivity index (χ2v) is 11.2. The summed E-state index contributed by atoms with van der Waals surface area (Å²) in [6, 6.07) is 11.3. The molecule has 4 aliphatic heterocycles. The van der Waals surface area contributed by atoms with E-state index in [9.17, 15) is 14.4 Å². The number of aromatic nitrogens is 2. The molecule has 10 heteroatoms. The Morgan fingerprint density at radius 3 is 2.85 bits per heavy atom. The van der Waals surface area contributed by atoms with Crippen molar-refractivity contribution in [1.29, 1.82) is 0 Å². The minimum Gasteiger partial charge on any atom is -0.489 e. The highest BCUT2D eigenvalue weighted by molar-refractivity contribution is 6.05. The Labute approximate surface area is 231 Å². The van der Waals surface area contributed by atoms with Gasteiger partial charge in [-0.15, -0.1) is 0 Å². The van der Waals surface area contributed by atoms with Gasteiger partial charge in [0.2, 0.25) is 11.8 Å². The van der Waals surface area contributed by atoms with E-state index in [0.29, 0.717) is 31.1 Å². The van der Waals surface area contributed by atoms with E-state index in [4.69, 9.17) is 14.5 Å². The molecule has 3 amide bonds. The molecular formula is C30H31N5O5. The lowest BCUT2D eigenvalue weighted by Gasteiger charge is -2.29. The van der Waals surface area contributed by atoms with Crippen LogP contribution in [-0.4, -0.2) is 75.9 Å². The molecule has 3 atom stereocenters. The first-order chi connectivity index (χ1) is 19.5. The van der Waals surface area contributed by atoms with Crippen molar-refractivity contribution in [3.05, 3.63) is 65.1 Å². The molecule has 5 heterocycles. The summed E-state index contributed by atoms with van der Waals surface area (Å²) in [6.45, 7) is 4.40. The minimum absolute atomic E-state index is 0.0568. The van der Waals surface area contributed by atoms with E-state index in [1.165, 1.54) is 5.56 Å². The summed E-state index contributed by atoms with van der Waals surface area (Å²) in [7, 11) is 0. The third kappa shape index (κ3) is 4.82. The van der Waals surface area contributed by atoms with Gasteiger partial charge in [0.15, 0.2) is 0 Å². The van der Waals surface area contributed by atoms with Crippen LogP contribution in [0, 0.1) is 0 Å². The third-order valence-electron chi connectivity index (χ3n) is 8.39. The highest BCUT2D eigenvalue weighted by atomic mass is 16.5. The number of fused-ring (bicyclic) bond motifs is 2. The summed E-state index contributed by atoms with van der Waals surface area (Å²) < 4.78 is 11.8. The number of imide groups is 1. The highest BCUT2D eigenvalue weighted by Gasteiger charge is 2.39. The van der Waals surface area contributed by atoms with Gasteiger partial charge in [0.1, 0.15) is 23.7 Å². The van der Waals surface area contributed by atoms with Gasteiger partial charge in [-0.1, -0.05) is 6.07 Å². The lowest BCUT2D eigenvalue weighted by molar-refractivity contribution is -0.136. The lowest BCUT2D eigenvalue weighted by atomic mass is 10.0. The van der Waals surface area contributed by atoms with Crippen molar-refractivity contribution in [2.75, 3.05) is 26.3 Å². The van der Waals surface area contributed by atoms with E-state index < -0.39 is 11.9 Å². The summed E-state index contributed by atoms with van der Waals surface area (Å²) >= 11 is 0. The Bertz CT molecular complexity index is 1500. The van der Waals surface area contributed by atoms with E-state index in [-0.39, 0.29) is 24.3 Å². The predicted octanol–water partition coefficient (Wildman–Crippen LogP) is 2.55. The predicted molar refractivity (Wildman–Crippen MR) is 145 cm³/mol. The van der Waals surface area contributed by atoms with Crippen molar-refractivity contribution in [2.45, 2.75) is 56.8 Å². The molecule has 1 N–H and O–H groups in total. The average Bonchev–Trinajstić information content (AvgIpc) is 3.70. The zero-order chi connectivity index (χ0) is 27.2. The Morgan fingerprint density at radius 1 is 1.07 bits per heavy atom. The monoisotopic (exact) mass is 541 g/mol. The molecule has 206 valence electrons. The van der Waals surface area contributed by atoms with Crippen LogP contribution in [0.25, 0.3) is 10.9 Å². The Balaban J connectivity index is 0.965. The summed E-state index contributed by atoms with van der Waals surface area (Å²) in [4.78, 5) is 50.1. The Morgan fingerprint density at radius 2 is 2.00 bits per heavy atom. The van der Waals surface area contributed by atoms with Crippen LogP contribution in [0.4, 0.5) is 0 Å². The van der Waals surface area contributed by atoms with Gasteiger partial charge in [-0.2, -0.15) is 0 Å². The van der Waals surface area contributed by atoms with Gasteiger partial charge in [-0.3, -0.25) is 24.6 Å². The normalized spacial score (nSPS) is 25.1. The van der Waals surface area contributed by atoms with Crippen molar-refractivity contribution in [3.8, 4) is 5.75 Å². The van der Waals surface area contributed by atoms with Crippen LogP contribution in [0.15, 0.2) is 42.6 Å². The number of ether oxygens (including phenoxy) is 2. The third-order valence-corrected chi connectivity index (χ3v) is 8.39. The average molecular weight is 542 g/mol. The second-order valence-electron chi connectivity index (χ2n) is 11.2. The molecule has 7 rings (SSSR count). The number of hydrogen-bond acceptors (Lipinski definition) is 8. The number of hydrogen-bond donors (Lipinski definition) is 1. The highest BCUT2D eigenvalue weighted by Crippen LogP contribution is 2.31. The molecule has 0 radical (unpaired) electrons. The van der Waals surface area contributed by atoms with E-state index in [1.807, 2.05) is 18.3 Å². The van der Waals surface area contributed by atoms with Crippen molar-refractivity contribution in [3.63, 3.8) is 0 Å². The van der Waals surface area contributed by atoms with Crippen LogP contribution in [0.3, 0.4) is 0 Å². The maximum absolute atomic E-state index is 13.0. The Hall–Kier alpha value is -3.89. The van der Waals surface area contributed by atoms with Crippen LogP contribution < -0.4 is 10.1 Å². The minimum atomic E-state index is -0.615. The molecule has 4 aliphatic rings. The fraction of sp³-hybridized carbons (Fsp3) is 0.433. The number of likely N-dealkylation sites (tertiary alicyclic amines) is 1. The van der Waals surface area contributed by atoms with Gasteiger partial charge in [0, 0.05) is 62.3 Å². The number of nitrogens with zero attached hydrogens (tertiary/aromatic N) is 4. The number of amides is 3.